The SMILES string of the molecule is [2H]c1c([2H])c([2H])c2c(nc(N)c3nc(COCC)n(CC(O)(C([2H])([2H])[2H])C([2H])([2H])[2H])c32)c1[2H]. The highest BCUT2D eigenvalue weighted by Crippen LogP contribution is 2.30. The van der Waals surface area contributed by atoms with Crippen molar-refractivity contribution in [2.45, 2.75) is 39.4 Å². The number of nitrogens with two attached hydrogens (primary N) is 1. The van der Waals surface area contributed by atoms with Crippen molar-refractivity contribution in [3.8, 4) is 0 Å². The van der Waals surface area contributed by atoms with Gasteiger partial charge in [0.2, 0.25) is 0 Å². The lowest BCUT2D eigenvalue weighted by Crippen LogP contribution is -2.27. The van der Waals surface area contributed by atoms with Gasteiger partial charge in [0, 0.05) is 20.2 Å². The van der Waals surface area contributed by atoms with Crippen molar-refractivity contribution in [1.82, 2.24) is 14.5 Å². The number of rotatable bonds is 5. The van der Waals surface area contributed by atoms with E-state index in [1.54, 1.807) is 6.92 Å². The largest absolute Gasteiger partial charge is 0.389 e. The maximum atomic E-state index is 10.9. The Morgan fingerprint density at radius 3 is 2.91 bits per heavy atom. The van der Waals surface area contributed by atoms with Crippen LogP contribution in [0.15, 0.2) is 24.2 Å². The van der Waals surface area contributed by atoms with Crippen LogP contribution < -0.4 is 5.73 Å². The zero-order valence-electron chi connectivity index (χ0n) is 22.4. The summed E-state index contributed by atoms with van der Waals surface area (Å²) in [5, 5.41) is 10.8. The van der Waals surface area contributed by atoms with Gasteiger partial charge in [-0.25, -0.2) is 9.97 Å². The van der Waals surface area contributed by atoms with Crippen molar-refractivity contribution < 1.29 is 23.6 Å². The van der Waals surface area contributed by atoms with Crippen LogP contribution in [0.5, 0.6) is 0 Å². The van der Waals surface area contributed by atoms with E-state index in [-0.39, 0.29) is 46.8 Å². The van der Waals surface area contributed by atoms with E-state index in [1.165, 1.54) is 0 Å². The van der Waals surface area contributed by atoms with Gasteiger partial charge in [0.1, 0.15) is 17.9 Å². The molecule has 122 valence electrons. The van der Waals surface area contributed by atoms with Crippen molar-refractivity contribution in [2.24, 2.45) is 0 Å². The van der Waals surface area contributed by atoms with Gasteiger partial charge in [-0.3, -0.25) is 0 Å². The highest BCUT2D eigenvalue weighted by Gasteiger charge is 2.22. The molecule has 0 fully saturated rings. The van der Waals surface area contributed by atoms with E-state index in [9.17, 15) is 5.11 Å². The first kappa shape index (κ1) is 7.59. The van der Waals surface area contributed by atoms with E-state index in [1.807, 2.05) is 0 Å². The van der Waals surface area contributed by atoms with Crippen molar-refractivity contribution in [3.05, 3.63) is 30.0 Å². The number of imidazole rings is 1. The van der Waals surface area contributed by atoms with Gasteiger partial charge in [-0.05, 0) is 26.7 Å². The minimum Gasteiger partial charge on any atom is -0.389 e. The summed E-state index contributed by atoms with van der Waals surface area (Å²) in [6, 6.07) is -2.12. The molecule has 3 aromatic rings. The molecular weight excluding hydrogens is 292 g/mol. The van der Waals surface area contributed by atoms with Crippen LogP contribution in [-0.2, 0) is 17.9 Å². The molecule has 2 heterocycles. The molecule has 3 rings (SSSR count). The number of benzene rings is 1. The Morgan fingerprint density at radius 2 is 2.17 bits per heavy atom. The first-order valence-electron chi connectivity index (χ1n) is 11.9. The number of anilines is 1. The maximum absolute atomic E-state index is 10.9. The number of hydrogen-bond donors (Lipinski definition) is 2. The smallest absolute Gasteiger partial charge is 0.152 e. The highest BCUT2D eigenvalue weighted by atomic mass is 16.5. The third kappa shape index (κ3) is 3.00. The van der Waals surface area contributed by atoms with Crippen LogP contribution in [0.4, 0.5) is 5.82 Å². The molecule has 6 nitrogen and oxygen atoms in total. The minimum absolute atomic E-state index is 0.00665. The summed E-state index contributed by atoms with van der Waals surface area (Å²) in [7, 11) is 0. The predicted octanol–water partition coefficient (Wildman–Crippen LogP) is 2.47. The number of aliphatic hydroxyl groups is 1. The number of aromatic nitrogens is 3. The van der Waals surface area contributed by atoms with Crippen molar-refractivity contribution >= 4 is 27.8 Å². The molecule has 0 aliphatic heterocycles. The van der Waals surface area contributed by atoms with Gasteiger partial charge in [-0.1, -0.05) is 18.1 Å². The predicted molar refractivity (Wildman–Crippen MR) is 91.1 cm³/mol. The third-order valence-electron chi connectivity index (χ3n) is 3.25. The van der Waals surface area contributed by atoms with E-state index in [0.717, 1.165) is 4.57 Å². The summed E-state index contributed by atoms with van der Waals surface area (Å²) in [4.78, 5) is 8.35. The second kappa shape index (κ2) is 5.79. The Hall–Kier alpha value is -2.18. The van der Waals surface area contributed by atoms with Crippen molar-refractivity contribution in [3.63, 3.8) is 0 Å². The topological polar surface area (TPSA) is 86.2 Å². The van der Waals surface area contributed by atoms with Gasteiger partial charge in [-0.15, -0.1) is 0 Å². The fourth-order valence-corrected chi connectivity index (χ4v) is 2.37. The Labute approximate surface area is 149 Å². The van der Waals surface area contributed by atoms with Crippen LogP contribution in [0.2, 0.25) is 0 Å². The number of fused-ring (bicyclic) bond motifs is 3. The molecule has 0 saturated carbocycles. The lowest BCUT2D eigenvalue weighted by Gasteiger charge is -2.20. The van der Waals surface area contributed by atoms with E-state index in [4.69, 9.17) is 24.2 Å². The molecule has 0 bridgehead atoms. The summed E-state index contributed by atoms with van der Waals surface area (Å²) in [6.45, 7) is -5.97. The lowest BCUT2D eigenvalue weighted by molar-refractivity contribution is 0.0582. The molecule has 0 radical (unpaired) electrons. The standard InChI is InChI=1S/C17H22N4O2/c1-4-23-9-13-20-14-15(21(13)10-17(2,3)22)11-7-5-6-8-12(11)19-16(14)18/h5-8,22H,4,9-10H2,1-3H3,(H2,18,19)/i2D3,3D3,5D,6D,7D,8D. The van der Waals surface area contributed by atoms with Crippen LogP contribution in [-0.4, -0.2) is 31.8 Å². The molecule has 6 heteroatoms. The fraction of sp³-hybridized carbons (Fsp3) is 0.412. The fourth-order valence-electron chi connectivity index (χ4n) is 2.37. The van der Waals surface area contributed by atoms with Gasteiger partial charge < -0.3 is 20.1 Å². The van der Waals surface area contributed by atoms with Crippen LogP contribution in [0, 0.1) is 0 Å². The van der Waals surface area contributed by atoms with Crippen LogP contribution >= 0.6 is 0 Å². The molecule has 0 saturated heterocycles. The monoisotopic (exact) mass is 324 g/mol. The molecule has 0 aliphatic rings. The molecule has 0 amide bonds. The molecular formula is C17H22N4O2. The quantitative estimate of drug-likeness (QED) is 0.753. The number of pyridine rings is 1. The second-order valence-electron chi connectivity index (χ2n) is 5.03. The Bertz CT molecular complexity index is 1220. The summed E-state index contributed by atoms with van der Waals surface area (Å²) < 4.78 is 85.1. The van der Waals surface area contributed by atoms with E-state index >= 15 is 0 Å². The minimum atomic E-state index is -3.34. The van der Waals surface area contributed by atoms with Crippen LogP contribution in [0.3, 0.4) is 0 Å². The number of nitrogen functional groups attached to an aromatic ring is 1. The van der Waals surface area contributed by atoms with E-state index < -0.39 is 50.0 Å². The molecule has 0 spiro atoms. The van der Waals surface area contributed by atoms with Crippen molar-refractivity contribution in [2.75, 3.05) is 12.3 Å². The normalized spacial score (nSPS) is 19.7. The van der Waals surface area contributed by atoms with Crippen molar-refractivity contribution in [1.29, 1.82) is 0 Å². The molecule has 1 aromatic carbocycles. The third-order valence-corrected chi connectivity index (χ3v) is 3.25. The number of nitrogens with zero attached hydrogens (tertiary/aromatic N) is 3. The highest BCUT2D eigenvalue weighted by molar-refractivity contribution is 6.06. The van der Waals surface area contributed by atoms with Crippen LogP contribution in [0.25, 0.3) is 21.9 Å². The molecule has 3 N–H and O–H groups in total. The average Bonchev–Trinajstić information content (AvgIpc) is 3.06. The molecule has 0 atom stereocenters. The summed E-state index contributed by atoms with van der Waals surface area (Å²) in [5.74, 6) is -0.211. The molecule has 23 heavy (non-hydrogen) atoms. The Kier molecular flexibility index (Phi) is 1.91. The lowest BCUT2D eigenvalue weighted by atomic mass is 10.1. The zero-order valence-corrected chi connectivity index (χ0v) is 12.4. The Balaban J connectivity index is 2.51. The molecule has 0 aliphatic carbocycles. The molecule has 2 aromatic heterocycles. The van der Waals surface area contributed by atoms with E-state index in [0.29, 0.717) is 0 Å². The average molecular weight is 324 g/mol. The summed E-state index contributed by atoms with van der Waals surface area (Å²) in [6.07, 6.45) is 0. The Morgan fingerprint density at radius 1 is 1.39 bits per heavy atom. The first-order chi connectivity index (χ1) is 15.1. The summed E-state index contributed by atoms with van der Waals surface area (Å²) >= 11 is 0. The zero-order chi connectivity index (χ0) is 25.1. The van der Waals surface area contributed by atoms with E-state index in [2.05, 4.69) is 9.97 Å². The maximum Gasteiger partial charge on any atom is 0.152 e. The van der Waals surface area contributed by atoms with Crippen LogP contribution in [0.1, 0.15) is 40.2 Å². The number of para-hydroxylation sites is 1. The number of ether oxygens (including phenoxy) is 1. The first-order valence-corrected chi connectivity index (χ1v) is 6.91. The number of hydrogen-bond acceptors (Lipinski definition) is 5. The van der Waals surface area contributed by atoms with Gasteiger partial charge in [0.15, 0.2) is 5.82 Å². The summed E-state index contributed by atoms with van der Waals surface area (Å²) in [5.41, 5.74) is 2.47. The van der Waals surface area contributed by atoms with Gasteiger partial charge in [0.05, 0.1) is 28.7 Å². The van der Waals surface area contributed by atoms with Gasteiger partial charge in [-0.2, -0.15) is 0 Å². The van der Waals surface area contributed by atoms with Gasteiger partial charge >= 0.3 is 0 Å². The van der Waals surface area contributed by atoms with Gasteiger partial charge in [0.25, 0.3) is 0 Å². The molecule has 0 unspecified atom stereocenters. The second-order valence-corrected chi connectivity index (χ2v) is 5.03.